The molecule has 1 aliphatic rings. The number of nitrogens with zero attached hydrogens (tertiary/aromatic N) is 2. The molecule has 9 heteroatoms. The molecular formula is C31H41N5O4. The molecule has 0 saturated heterocycles. The Morgan fingerprint density at radius 3 is 2.33 bits per heavy atom. The van der Waals surface area contributed by atoms with E-state index in [-0.39, 0.29) is 24.6 Å². The van der Waals surface area contributed by atoms with Crippen LogP contribution in [0, 0.1) is 11.8 Å². The summed E-state index contributed by atoms with van der Waals surface area (Å²) in [6, 6.07) is 13.1. The van der Waals surface area contributed by atoms with E-state index in [0.29, 0.717) is 42.0 Å². The number of amides is 2. The van der Waals surface area contributed by atoms with Crippen molar-refractivity contribution in [1.29, 1.82) is 0 Å². The van der Waals surface area contributed by atoms with Gasteiger partial charge in [0.15, 0.2) is 0 Å². The Morgan fingerprint density at radius 2 is 1.70 bits per heavy atom. The van der Waals surface area contributed by atoms with Crippen LogP contribution >= 0.6 is 0 Å². The fourth-order valence-electron chi connectivity index (χ4n) is 4.95. The lowest BCUT2D eigenvalue weighted by Gasteiger charge is -2.29. The Morgan fingerprint density at radius 1 is 1.02 bits per heavy atom. The zero-order chi connectivity index (χ0) is 28.7. The van der Waals surface area contributed by atoms with Crippen LogP contribution in [-0.4, -0.2) is 58.4 Å². The summed E-state index contributed by atoms with van der Waals surface area (Å²) in [6.45, 7) is 8.69. The number of alkyl carbamates (subject to hydrolysis) is 1. The van der Waals surface area contributed by atoms with Crippen molar-refractivity contribution in [2.24, 2.45) is 11.8 Å². The SMILES string of the molecule is C[C@@H](CO)Nc1ccc(-c2cc(C(=O)NCC3CCC(CNC(=O)OC(C)(C)C)CC3)c3ccccc3n2)cn1. The molecule has 1 atom stereocenters. The number of ether oxygens (including phenoxy) is 1. The number of benzene rings is 1. The highest BCUT2D eigenvalue weighted by atomic mass is 16.6. The van der Waals surface area contributed by atoms with Crippen LogP contribution in [0.5, 0.6) is 0 Å². The molecule has 1 aromatic carbocycles. The van der Waals surface area contributed by atoms with E-state index >= 15 is 0 Å². The number of rotatable bonds is 9. The van der Waals surface area contributed by atoms with Gasteiger partial charge >= 0.3 is 6.09 Å². The lowest BCUT2D eigenvalue weighted by molar-refractivity contribution is 0.0512. The number of aliphatic hydroxyl groups excluding tert-OH is 1. The molecule has 0 aliphatic heterocycles. The number of aliphatic hydroxyl groups is 1. The standard InChI is InChI=1S/C31H41N5O4/c1-20(19-37)35-28-14-13-23(18-32-28)27-15-25(24-7-5-6-8-26(24)36-27)29(38)33-16-21-9-11-22(12-10-21)17-34-30(39)40-31(2,3)4/h5-8,13-15,18,20-22,37H,9-12,16-17,19H2,1-4H3,(H,32,35)(H,33,38)(H,34,39)/t20-,21?,22?/m0/s1. The van der Waals surface area contributed by atoms with Crippen molar-refractivity contribution in [3.8, 4) is 11.3 Å². The molecule has 0 unspecified atom stereocenters. The number of fused-ring (bicyclic) bond motifs is 1. The highest BCUT2D eigenvalue weighted by molar-refractivity contribution is 6.07. The molecule has 1 aliphatic carbocycles. The largest absolute Gasteiger partial charge is 0.444 e. The topological polar surface area (TPSA) is 125 Å². The lowest BCUT2D eigenvalue weighted by Crippen LogP contribution is -2.37. The number of nitrogens with one attached hydrogen (secondary N) is 3. The van der Waals surface area contributed by atoms with Crippen LogP contribution < -0.4 is 16.0 Å². The molecule has 3 aromatic rings. The number of para-hydroxylation sites is 1. The van der Waals surface area contributed by atoms with Crippen LogP contribution in [0.1, 0.15) is 63.7 Å². The molecule has 1 saturated carbocycles. The Labute approximate surface area is 236 Å². The normalized spacial score (nSPS) is 18.1. The average molecular weight is 548 g/mol. The number of aromatic nitrogens is 2. The van der Waals surface area contributed by atoms with Crippen molar-refractivity contribution >= 4 is 28.7 Å². The zero-order valence-electron chi connectivity index (χ0n) is 23.9. The predicted octanol–water partition coefficient (Wildman–Crippen LogP) is 5.15. The maximum absolute atomic E-state index is 13.4. The van der Waals surface area contributed by atoms with E-state index in [0.717, 1.165) is 42.1 Å². The fraction of sp³-hybridized carbons (Fsp3) is 0.484. The van der Waals surface area contributed by atoms with Gasteiger partial charge in [-0.05, 0) is 89.5 Å². The lowest BCUT2D eigenvalue weighted by atomic mass is 9.82. The summed E-state index contributed by atoms with van der Waals surface area (Å²) < 4.78 is 5.33. The van der Waals surface area contributed by atoms with E-state index in [4.69, 9.17) is 9.72 Å². The van der Waals surface area contributed by atoms with E-state index in [1.54, 1.807) is 6.20 Å². The summed E-state index contributed by atoms with van der Waals surface area (Å²) in [5, 5.41) is 19.3. The predicted molar refractivity (Wildman–Crippen MR) is 157 cm³/mol. The van der Waals surface area contributed by atoms with Gasteiger partial charge in [0.05, 0.1) is 23.4 Å². The molecule has 214 valence electrons. The van der Waals surface area contributed by atoms with E-state index in [2.05, 4.69) is 20.9 Å². The molecule has 2 aromatic heterocycles. The maximum Gasteiger partial charge on any atom is 0.407 e. The van der Waals surface area contributed by atoms with E-state index < -0.39 is 5.60 Å². The molecule has 1 fully saturated rings. The molecule has 4 N–H and O–H groups in total. The number of carbonyl (C=O) groups excluding carboxylic acids is 2. The van der Waals surface area contributed by atoms with Crippen molar-refractivity contribution in [1.82, 2.24) is 20.6 Å². The quantitative estimate of drug-likeness (QED) is 0.292. The third-order valence-corrected chi connectivity index (χ3v) is 7.14. The van der Waals surface area contributed by atoms with Gasteiger partial charge in [-0.2, -0.15) is 0 Å². The Hall–Kier alpha value is -3.72. The first-order valence-electron chi connectivity index (χ1n) is 14.1. The minimum Gasteiger partial charge on any atom is -0.444 e. The van der Waals surface area contributed by atoms with E-state index in [1.807, 2.05) is 70.2 Å². The number of pyridine rings is 2. The minimum absolute atomic E-state index is 0.0148. The van der Waals surface area contributed by atoms with Crippen molar-refractivity contribution in [2.45, 2.75) is 65.0 Å². The van der Waals surface area contributed by atoms with Crippen LogP contribution in [0.25, 0.3) is 22.2 Å². The second-order valence-electron chi connectivity index (χ2n) is 11.7. The Kier molecular flexibility index (Phi) is 9.58. The second-order valence-corrected chi connectivity index (χ2v) is 11.7. The Bertz CT molecular complexity index is 1300. The molecular weight excluding hydrogens is 506 g/mol. The van der Waals surface area contributed by atoms with Crippen molar-refractivity contribution < 1.29 is 19.4 Å². The maximum atomic E-state index is 13.4. The molecule has 40 heavy (non-hydrogen) atoms. The third-order valence-electron chi connectivity index (χ3n) is 7.14. The van der Waals surface area contributed by atoms with E-state index in [9.17, 15) is 14.7 Å². The Balaban J connectivity index is 1.36. The summed E-state index contributed by atoms with van der Waals surface area (Å²) in [6.07, 6.45) is 5.38. The summed E-state index contributed by atoms with van der Waals surface area (Å²) in [4.78, 5) is 34.6. The molecule has 2 heterocycles. The van der Waals surface area contributed by atoms with Gasteiger partial charge in [-0.25, -0.2) is 14.8 Å². The van der Waals surface area contributed by atoms with Gasteiger partial charge in [-0.15, -0.1) is 0 Å². The van der Waals surface area contributed by atoms with Gasteiger partial charge in [-0.3, -0.25) is 4.79 Å². The van der Waals surface area contributed by atoms with Crippen molar-refractivity contribution in [3.63, 3.8) is 0 Å². The van der Waals surface area contributed by atoms with Gasteiger partial charge in [0.1, 0.15) is 11.4 Å². The summed E-state index contributed by atoms with van der Waals surface area (Å²) >= 11 is 0. The zero-order valence-corrected chi connectivity index (χ0v) is 23.9. The molecule has 4 rings (SSSR count). The van der Waals surface area contributed by atoms with Crippen LogP contribution in [0.15, 0.2) is 48.7 Å². The van der Waals surface area contributed by atoms with Crippen LogP contribution in [0.4, 0.5) is 10.6 Å². The first-order chi connectivity index (χ1) is 19.1. The van der Waals surface area contributed by atoms with Gasteiger partial charge in [-0.1, -0.05) is 18.2 Å². The summed E-state index contributed by atoms with van der Waals surface area (Å²) in [5.41, 5.74) is 2.32. The highest BCUT2D eigenvalue weighted by Crippen LogP contribution is 2.29. The minimum atomic E-state index is -0.501. The molecule has 0 bridgehead atoms. The fourth-order valence-corrected chi connectivity index (χ4v) is 4.95. The van der Waals surface area contributed by atoms with Crippen molar-refractivity contribution in [3.05, 3.63) is 54.2 Å². The highest BCUT2D eigenvalue weighted by Gasteiger charge is 2.24. The molecule has 9 nitrogen and oxygen atoms in total. The van der Waals surface area contributed by atoms with Gasteiger partial charge in [0, 0.05) is 36.3 Å². The smallest absolute Gasteiger partial charge is 0.407 e. The number of carbonyl (C=O) groups is 2. The molecule has 2 amide bonds. The van der Waals surface area contributed by atoms with Crippen LogP contribution in [0.2, 0.25) is 0 Å². The monoisotopic (exact) mass is 547 g/mol. The summed E-state index contributed by atoms with van der Waals surface area (Å²) in [5.74, 6) is 1.38. The van der Waals surface area contributed by atoms with E-state index in [1.165, 1.54) is 0 Å². The number of hydrogen-bond acceptors (Lipinski definition) is 7. The van der Waals surface area contributed by atoms with Gasteiger partial charge in [0.25, 0.3) is 5.91 Å². The van der Waals surface area contributed by atoms with Crippen molar-refractivity contribution in [2.75, 3.05) is 25.0 Å². The number of hydrogen-bond donors (Lipinski definition) is 4. The molecule has 0 spiro atoms. The first kappa shape index (κ1) is 29.3. The van der Waals surface area contributed by atoms with Crippen LogP contribution in [-0.2, 0) is 4.74 Å². The van der Waals surface area contributed by atoms with Gasteiger partial charge < -0.3 is 25.8 Å². The van der Waals surface area contributed by atoms with Crippen LogP contribution in [0.3, 0.4) is 0 Å². The summed E-state index contributed by atoms with van der Waals surface area (Å²) in [7, 11) is 0. The second kappa shape index (κ2) is 13.1. The average Bonchev–Trinajstić information content (AvgIpc) is 2.94. The first-order valence-corrected chi connectivity index (χ1v) is 14.1. The molecule has 0 radical (unpaired) electrons. The van der Waals surface area contributed by atoms with Gasteiger partial charge in [0.2, 0.25) is 0 Å². The third kappa shape index (κ3) is 8.14. The number of anilines is 1.